The molecule has 0 atom stereocenters. The van der Waals surface area contributed by atoms with Gasteiger partial charge in [0.2, 0.25) is 5.91 Å². The maximum atomic E-state index is 13.2. The van der Waals surface area contributed by atoms with Crippen molar-refractivity contribution in [3.8, 4) is 11.5 Å². The van der Waals surface area contributed by atoms with Crippen molar-refractivity contribution in [2.24, 2.45) is 0 Å². The number of fused-ring (bicyclic) bond motifs is 1. The molecule has 0 spiro atoms. The second kappa shape index (κ2) is 12.1. The summed E-state index contributed by atoms with van der Waals surface area (Å²) in [6, 6.07) is 22.0. The van der Waals surface area contributed by atoms with Crippen LogP contribution < -0.4 is 14.8 Å². The second-order valence-corrected chi connectivity index (χ2v) is 10.2. The minimum atomic E-state index is -0.559. The fraction of sp³-hybridized carbons (Fsp3) is 0.200. The zero-order valence-corrected chi connectivity index (χ0v) is 22.6. The average Bonchev–Trinajstić information content (AvgIpc) is 3.23. The molecule has 1 saturated heterocycles. The van der Waals surface area contributed by atoms with Crippen molar-refractivity contribution in [3.63, 3.8) is 0 Å². The maximum Gasteiger partial charge on any atom is 0.294 e. The van der Waals surface area contributed by atoms with Crippen molar-refractivity contribution in [1.29, 1.82) is 0 Å². The van der Waals surface area contributed by atoms with Gasteiger partial charge in [0.15, 0.2) is 18.1 Å². The summed E-state index contributed by atoms with van der Waals surface area (Å²) >= 11 is 0.754. The molecule has 10 heteroatoms. The highest BCUT2D eigenvalue weighted by molar-refractivity contribution is 8.18. The van der Waals surface area contributed by atoms with Gasteiger partial charge in [0.05, 0.1) is 12.0 Å². The number of nitrogens with one attached hydrogen (secondary N) is 1. The van der Waals surface area contributed by atoms with Gasteiger partial charge >= 0.3 is 0 Å². The molecular weight excluding hydrogens is 530 g/mol. The van der Waals surface area contributed by atoms with E-state index in [0.29, 0.717) is 30.1 Å². The zero-order valence-electron chi connectivity index (χ0n) is 21.8. The summed E-state index contributed by atoms with van der Waals surface area (Å²) in [5.74, 6) is -0.601. The van der Waals surface area contributed by atoms with Crippen molar-refractivity contribution in [2.75, 3.05) is 32.1 Å². The number of rotatable bonds is 8. The van der Waals surface area contributed by atoms with Crippen LogP contribution in [0.2, 0.25) is 0 Å². The number of ether oxygens (including phenoxy) is 2. The summed E-state index contributed by atoms with van der Waals surface area (Å²) in [5.41, 5.74) is 3.36. The Morgan fingerprint density at radius 2 is 1.73 bits per heavy atom. The van der Waals surface area contributed by atoms with E-state index < -0.39 is 11.1 Å². The smallest absolute Gasteiger partial charge is 0.294 e. The molecular formula is C30H27N3O6S. The van der Waals surface area contributed by atoms with Crippen LogP contribution in [0.3, 0.4) is 0 Å². The lowest BCUT2D eigenvalue weighted by atomic mass is 10.00. The first-order chi connectivity index (χ1) is 19.4. The molecule has 0 aliphatic carbocycles. The first-order valence-corrected chi connectivity index (χ1v) is 13.5. The maximum absolute atomic E-state index is 13.2. The lowest BCUT2D eigenvalue weighted by molar-refractivity contribution is -0.136. The lowest BCUT2D eigenvalue weighted by Gasteiger charge is -2.29. The van der Waals surface area contributed by atoms with Crippen LogP contribution in [0.5, 0.6) is 11.5 Å². The largest absolute Gasteiger partial charge is 0.493 e. The fourth-order valence-corrected chi connectivity index (χ4v) is 5.37. The van der Waals surface area contributed by atoms with Gasteiger partial charge in [-0.15, -0.1) is 0 Å². The Morgan fingerprint density at radius 1 is 0.975 bits per heavy atom. The number of hydrogen-bond acceptors (Lipinski definition) is 7. The van der Waals surface area contributed by atoms with Gasteiger partial charge in [-0.05, 0) is 53.6 Å². The molecule has 3 aromatic rings. The van der Waals surface area contributed by atoms with Crippen LogP contribution in [0, 0.1) is 0 Å². The minimum Gasteiger partial charge on any atom is -0.493 e. The number of carbonyl (C=O) groups excluding carboxylic acids is 4. The standard InChI is InChI=1S/C30H27N3O6S/c1-38-24-13-7-10-21(28(24)39-19-26(34)31-23-11-3-2-4-12-23)16-25-29(36)33(30(37)40-25)18-27(35)32-15-14-20-8-5-6-9-22(20)17-32/h2-13,16H,14-15,17-19H2,1H3,(H,31,34)/b25-16-. The van der Waals surface area contributed by atoms with E-state index in [2.05, 4.69) is 5.32 Å². The average molecular weight is 558 g/mol. The predicted molar refractivity (Wildman–Crippen MR) is 152 cm³/mol. The molecule has 1 fully saturated rings. The summed E-state index contributed by atoms with van der Waals surface area (Å²) in [4.78, 5) is 54.2. The molecule has 0 bridgehead atoms. The number of para-hydroxylation sites is 2. The molecule has 0 radical (unpaired) electrons. The third kappa shape index (κ3) is 6.02. The van der Waals surface area contributed by atoms with Crippen LogP contribution in [-0.4, -0.2) is 59.6 Å². The number of nitrogens with zero attached hydrogens (tertiary/aromatic N) is 2. The van der Waals surface area contributed by atoms with E-state index in [1.807, 2.05) is 30.3 Å². The van der Waals surface area contributed by atoms with Gasteiger partial charge in [0.25, 0.3) is 17.1 Å². The molecule has 2 aliphatic heterocycles. The highest BCUT2D eigenvalue weighted by Gasteiger charge is 2.37. The Labute approximate surface area is 235 Å². The van der Waals surface area contributed by atoms with E-state index in [0.717, 1.165) is 28.6 Å². The third-order valence-electron chi connectivity index (χ3n) is 6.57. The minimum absolute atomic E-state index is 0.147. The summed E-state index contributed by atoms with van der Waals surface area (Å²) in [6.07, 6.45) is 2.24. The van der Waals surface area contributed by atoms with Gasteiger partial charge in [0, 0.05) is 24.3 Å². The van der Waals surface area contributed by atoms with Gasteiger partial charge in [-0.1, -0.05) is 54.6 Å². The Morgan fingerprint density at radius 3 is 2.50 bits per heavy atom. The van der Waals surface area contributed by atoms with E-state index >= 15 is 0 Å². The number of methoxy groups -OCH3 is 1. The SMILES string of the molecule is COc1cccc(/C=C2\SC(=O)N(CC(=O)N3CCc4ccccc4C3)C2=O)c1OCC(=O)Nc1ccccc1. The second-order valence-electron chi connectivity index (χ2n) is 9.18. The van der Waals surface area contributed by atoms with Crippen LogP contribution in [0.25, 0.3) is 6.08 Å². The zero-order chi connectivity index (χ0) is 28.1. The lowest BCUT2D eigenvalue weighted by Crippen LogP contribution is -2.44. The van der Waals surface area contributed by atoms with E-state index in [4.69, 9.17) is 9.47 Å². The number of carbonyl (C=O) groups is 4. The Hall–Kier alpha value is -4.57. The molecule has 2 heterocycles. The normalized spacial score (nSPS) is 15.7. The monoisotopic (exact) mass is 557 g/mol. The number of anilines is 1. The highest BCUT2D eigenvalue weighted by Crippen LogP contribution is 2.37. The predicted octanol–water partition coefficient (Wildman–Crippen LogP) is 4.33. The van der Waals surface area contributed by atoms with Crippen molar-refractivity contribution in [2.45, 2.75) is 13.0 Å². The molecule has 40 heavy (non-hydrogen) atoms. The van der Waals surface area contributed by atoms with Crippen molar-refractivity contribution >= 4 is 46.5 Å². The summed E-state index contributed by atoms with van der Waals surface area (Å²) in [5, 5.41) is 2.23. The quantitative estimate of drug-likeness (QED) is 0.411. The number of amides is 4. The molecule has 4 amide bonds. The Kier molecular flexibility index (Phi) is 8.16. The van der Waals surface area contributed by atoms with Crippen molar-refractivity contribution in [3.05, 3.63) is 94.4 Å². The molecule has 0 aromatic heterocycles. The van der Waals surface area contributed by atoms with Crippen LogP contribution >= 0.6 is 11.8 Å². The summed E-state index contributed by atoms with van der Waals surface area (Å²) < 4.78 is 11.2. The van der Waals surface area contributed by atoms with Gasteiger partial charge in [-0.25, -0.2) is 0 Å². The van der Waals surface area contributed by atoms with Crippen LogP contribution in [-0.2, 0) is 27.3 Å². The van der Waals surface area contributed by atoms with E-state index in [-0.39, 0.29) is 35.6 Å². The molecule has 9 nitrogen and oxygen atoms in total. The Bertz CT molecular complexity index is 1490. The molecule has 0 saturated carbocycles. The van der Waals surface area contributed by atoms with Crippen molar-refractivity contribution in [1.82, 2.24) is 9.80 Å². The topological polar surface area (TPSA) is 105 Å². The molecule has 2 aliphatic rings. The van der Waals surface area contributed by atoms with Crippen LogP contribution in [0.1, 0.15) is 16.7 Å². The fourth-order valence-electron chi connectivity index (χ4n) is 4.54. The molecule has 204 valence electrons. The van der Waals surface area contributed by atoms with Crippen LogP contribution in [0.15, 0.2) is 77.7 Å². The van der Waals surface area contributed by atoms with E-state index in [9.17, 15) is 19.2 Å². The molecule has 5 rings (SSSR count). The van der Waals surface area contributed by atoms with Gasteiger partial charge in [-0.3, -0.25) is 24.1 Å². The van der Waals surface area contributed by atoms with Crippen molar-refractivity contribution < 1.29 is 28.7 Å². The first-order valence-electron chi connectivity index (χ1n) is 12.7. The number of benzene rings is 3. The number of hydrogen-bond donors (Lipinski definition) is 1. The van der Waals surface area contributed by atoms with Crippen LogP contribution in [0.4, 0.5) is 10.5 Å². The summed E-state index contributed by atoms with van der Waals surface area (Å²) in [6.45, 7) is 0.351. The Balaban J connectivity index is 1.28. The first kappa shape index (κ1) is 27.0. The van der Waals surface area contributed by atoms with Gasteiger partial charge in [0.1, 0.15) is 6.54 Å². The van der Waals surface area contributed by atoms with Gasteiger partial charge < -0.3 is 19.7 Å². The molecule has 1 N–H and O–H groups in total. The number of imide groups is 1. The highest BCUT2D eigenvalue weighted by atomic mass is 32.2. The summed E-state index contributed by atoms with van der Waals surface area (Å²) in [7, 11) is 1.47. The van der Waals surface area contributed by atoms with E-state index in [1.165, 1.54) is 18.7 Å². The third-order valence-corrected chi connectivity index (χ3v) is 7.48. The number of thioether (sulfide) groups is 1. The van der Waals surface area contributed by atoms with E-state index in [1.54, 1.807) is 47.4 Å². The molecule has 0 unspecified atom stereocenters. The molecule has 3 aromatic carbocycles. The van der Waals surface area contributed by atoms with Gasteiger partial charge in [-0.2, -0.15) is 0 Å².